The Morgan fingerprint density at radius 2 is 1.95 bits per heavy atom. The molecule has 114 valence electrons. The molecule has 1 saturated carbocycles. The molecule has 20 heavy (non-hydrogen) atoms. The average molecular weight is 282 g/mol. The summed E-state index contributed by atoms with van der Waals surface area (Å²) in [5.74, 6) is 0.757. The number of fused-ring (bicyclic) bond motifs is 2. The Labute approximate surface area is 120 Å². The van der Waals surface area contributed by atoms with Gasteiger partial charge in [0.1, 0.15) is 6.10 Å². The Hall–Kier alpha value is -0.870. The molecule has 2 aliphatic carbocycles. The van der Waals surface area contributed by atoms with Gasteiger partial charge in [0.05, 0.1) is 18.1 Å². The third-order valence-electron chi connectivity index (χ3n) is 4.37. The second kappa shape index (κ2) is 6.72. The molecule has 0 heterocycles. The summed E-state index contributed by atoms with van der Waals surface area (Å²) in [6, 6.07) is 0. The van der Waals surface area contributed by atoms with Crippen LogP contribution >= 0.6 is 0 Å². The molecule has 0 aliphatic heterocycles. The first-order valence-corrected chi connectivity index (χ1v) is 7.70. The zero-order valence-corrected chi connectivity index (χ0v) is 12.4. The van der Waals surface area contributed by atoms with Gasteiger partial charge in [0.15, 0.2) is 0 Å². The van der Waals surface area contributed by atoms with E-state index in [1.54, 1.807) is 13.8 Å². The third kappa shape index (κ3) is 4.06. The van der Waals surface area contributed by atoms with Gasteiger partial charge < -0.3 is 14.9 Å². The van der Waals surface area contributed by atoms with E-state index in [0.717, 1.165) is 12.8 Å². The Balaban J connectivity index is 1.86. The summed E-state index contributed by atoms with van der Waals surface area (Å²) in [4.78, 5) is 12.3. The maximum absolute atomic E-state index is 12.3. The maximum atomic E-state index is 12.3. The summed E-state index contributed by atoms with van der Waals surface area (Å²) in [7, 11) is 0. The van der Waals surface area contributed by atoms with Crippen molar-refractivity contribution in [1.82, 2.24) is 0 Å². The normalized spacial score (nSPS) is 32.1. The lowest BCUT2D eigenvalue weighted by Gasteiger charge is -2.24. The molecule has 6 atom stereocenters. The van der Waals surface area contributed by atoms with Gasteiger partial charge in [0, 0.05) is 6.42 Å². The van der Waals surface area contributed by atoms with Crippen LogP contribution in [0.1, 0.15) is 46.0 Å². The molecule has 2 N–H and O–H groups in total. The van der Waals surface area contributed by atoms with Crippen molar-refractivity contribution in [2.45, 2.75) is 64.3 Å². The van der Waals surface area contributed by atoms with Crippen LogP contribution < -0.4 is 0 Å². The lowest BCUT2D eigenvalue weighted by molar-refractivity contribution is -0.157. The first-order valence-electron chi connectivity index (χ1n) is 7.70. The smallest absolute Gasteiger partial charge is 0.309 e. The second-order valence-electron chi connectivity index (χ2n) is 6.46. The molecule has 4 heteroatoms. The van der Waals surface area contributed by atoms with Gasteiger partial charge in [-0.15, -0.1) is 0 Å². The first kappa shape index (κ1) is 15.5. The highest BCUT2D eigenvalue weighted by molar-refractivity contribution is 5.74. The van der Waals surface area contributed by atoms with Gasteiger partial charge in [-0.2, -0.15) is 0 Å². The highest BCUT2D eigenvalue weighted by Crippen LogP contribution is 2.44. The predicted molar refractivity (Wildman–Crippen MR) is 75.9 cm³/mol. The minimum atomic E-state index is -0.498. The fourth-order valence-electron chi connectivity index (χ4n) is 3.34. The van der Waals surface area contributed by atoms with Crippen molar-refractivity contribution in [3.63, 3.8) is 0 Å². The van der Waals surface area contributed by atoms with Crippen LogP contribution in [0.25, 0.3) is 0 Å². The Kier molecular flexibility index (Phi) is 5.22. The average Bonchev–Trinajstić information content (AvgIpc) is 2.97. The fraction of sp³-hybridized carbons (Fsp3) is 0.812. The molecule has 2 bridgehead atoms. The molecule has 2 aliphatic rings. The van der Waals surface area contributed by atoms with Crippen molar-refractivity contribution in [1.29, 1.82) is 0 Å². The first-order chi connectivity index (χ1) is 9.45. The molecule has 0 aromatic rings. The monoisotopic (exact) mass is 282 g/mol. The van der Waals surface area contributed by atoms with E-state index in [1.807, 2.05) is 0 Å². The van der Waals surface area contributed by atoms with E-state index in [0.29, 0.717) is 31.1 Å². The summed E-state index contributed by atoms with van der Waals surface area (Å²) < 4.78 is 5.60. The molecule has 0 amide bonds. The van der Waals surface area contributed by atoms with E-state index in [9.17, 15) is 15.0 Å². The van der Waals surface area contributed by atoms with Gasteiger partial charge in [0.25, 0.3) is 0 Å². The van der Waals surface area contributed by atoms with Crippen molar-refractivity contribution in [2.75, 3.05) is 0 Å². The van der Waals surface area contributed by atoms with Gasteiger partial charge >= 0.3 is 5.97 Å². The largest absolute Gasteiger partial charge is 0.462 e. The topological polar surface area (TPSA) is 66.8 Å². The zero-order chi connectivity index (χ0) is 14.7. The van der Waals surface area contributed by atoms with E-state index in [-0.39, 0.29) is 18.0 Å². The molecular weight excluding hydrogens is 256 g/mol. The number of esters is 1. The van der Waals surface area contributed by atoms with E-state index in [1.165, 1.54) is 0 Å². The van der Waals surface area contributed by atoms with Crippen LogP contribution in [0.3, 0.4) is 0 Å². The maximum Gasteiger partial charge on any atom is 0.309 e. The number of carbonyl (C=O) groups is 1. The van der Waals surface area contributed by atoms with Crippen molar-refractivity contribution >= 4 is 5.97 Å². The van der Waals surface area contributed by atoms with Crippen molar-refractivity contribution in [2.24, 2.45) is 17.8 Å². The van der Waals surface area contributed by atoms with Gasteiger partial charge in [0.2, 0.25) is 0 Å². The minimum Gasteiger partial charge on any atom is -0.462 e. The summed E-state index contributed by atoms with van der Waals surface area (Å²) in [6.45, 7) is 3.42. The van der Waals surface area contributed by atoms with Gasteiger partial charge in [-0.25, -0.2) is 0 Å². The predicted octanol–water partition coefficient (Wildman–Crippen LogP) is 2.04. The lowest BCUT2D eigenvalue weighted by atomic mass is 9.93. The van der Waals surface area contributed by atoms with Gasteiger partial charge in [-0.3, -0.25) is 4.79 Å². The Morgan fingerprint density at radius 3 is 2.45 bits per heavy atom. The van der Waals surface area contributed by atoms with Crippen LogP contribution in [0.15, 0.2) is 12.2 Å². The number of rotatable bonds is 7. The number of hydrogen-bond donors (Lipinski definition) is 2. The quantitative estimate of drug-likeness (QED) is 0.554. The second-order valence-corrected chi connectivity index (χ2v) is 6.46. The molecule has 1 fully saturated rings. The molecule has 0 saturated heterocycles. The van der Waals surface area contributed by atoms with Crippen molar-refractivity contribution in [3.8, 4) is 0 Å². The number of hydrogen-bond acceptors (Lipinski definition) is 4. The Bertz CT molecular complexity index is 361. The third-order valence-corrected chi connectivity index (χ3v) is 4.37. The summed E-state index contributed by atoms with van der Waals surface area (Å²) in [6.07, 6.45) is 6.75. The van der Waals surface area contributed by atoms with Crippen molar-refractivity contribution in [3.05, 3.63) is 12.2 Å². The molecule has 0 aromatic carbocycles. The van der Waals surface area contributed by atoms with Crippen LogP contribution in [0.4, 0.5) is 0 Å². The summed E-state index contributed by atoms with van der Waals surface area (Å²) in [5, 5.41) is 18.9. The summed E-state index contributed by atoms with van der Waals surface area (Å²) in [5.41, 5.74) is 0. The van der Waals surface area contributed by atoms with Crippen molar-refractivity contribution < 1.29 is 19.7 Å². The fourth-order valence-corrected chi connectivity index (χ4v) is 3.34. The number of aliphatic hydroxyl groups excluding tert-OH is 2. The van der Waals surface area contributed by atoms with E-state index in [2.05, 4.69) is 12.2 Å². The molecule has 0 spiro atoms. The van der Waals surface area contributed by atoms with Crippen LogP contribution in [0, 0.1) is 17.8 Å². The molecule has 4 nitrogen and oxygen atoms in total. The molecule has 2 rings (SSSR count). The van der Waals surface area contributed by atoms with Gasteiger partial charge in [-0.05, 0) is 51.4 Å². The molecule has 0 radical (unpaired) electrons. The number of aliphatic hydroxyl groups is 2. The number of allylic oxidation sites excluding steroid dienone is 2. The van der Waals surface area contributed by atoms with E-state index < -0.39 is 12.2 Å². The number of ether oxygens (including phenoxy) is 1. The number of carbonyl (C=O) groups excluding carboxylic acids is 1. The highest BCUT2D eigenvalue weighted by Gasteiger charge is 2.41. The Morgan fingerprint density at radius 1 is 1.20 bits per heavy atom. The van der Waals surface area contributed by atoms with Crippen LogP contribution in [0.5, 0.6) is 0 Å². The molecule has 0 aromatic heterocycles. The van der Waals surface area contributed by atoms with E-state index in [4.69, 9.17) is 4.74 Å². The standard InChI is InChI=1S/C16H26O4/c1-10(17)3-6-14(7-11(2)18)20-16(19)15-9-12-4-5-13(15)8-12/h4-5,10-15,17-18H,3,6-9H2,1-2H3. The lowest BCUT2D eigenvalue weighted by Crippen LogP contribution is -2.29. The summed E-state index contributed by atoms with van der Waals surface area (Å²) >= 11 is 0. The molecule has 6 unspecified atom stereocenters. The van der Waals surface area contributed by atoms with E-state index >= 15 is 0 Å². The van der Waals surface area contributed by atoms with Gasteiger partial charge in [-0.1, -0.05) is 12.2 Å². The SMILES string of the molecule is CC(O)CCC(CC(C)O)OC(=O)C1CC2C=CC1C2. The van der Waals surface area contributed by atoms with Crippen LogP contribution in [0.2, 0.25) is 0 Å². The van der Waals surface area contributed by atoms with Crippen LogP contribution in [-0.4, -0.2) is 34.5 Å². The minimum absolute atomic E-state index is 0.00644. The zero-order valence-electron chi connectivity index (χ0n) is 12.4. The van der Waals surface area contributed by atoms with Crippen LogP contribution in [-0.2, 0) is 9.53 Å². The highest BCUT2D eigenvalue weighted by atomic mass is 16.5. The molecular formula is C16H26O4.